The molecular weight excluding hydrogens is 1320 g/mol. The molecule has 0 amide bonds. The highest BCUT2D eigenvalue weighted by atomic mass is 19.1. The van der Waals surface area contributed by atoms with Crippen LogP contribution >= 0.6 is 0 Å². The first kappa shape index (κ1) is 71.9. The summed E-state index contributed by atoms with van der Waals surface area (Å²) in [5.74, 6) is -9.49. The lowest BCUT2D eigenvalue weighted by molar-refractivity contribution is 0.0679. The van der Waals surface area contributed by atoms with Crippen LogP contribution in [-0.2, 0) is 0 Å². The Hall–Kier alpha value is -14.6. The van der Waals surface area contributed by atoms with E-state index in [0.29, 0.717) is 67.8 Å². The normalized spacial score (nSPS) is 10.1. The zero-order valence-electron chi connectivity index (χ0n) is 50.1. The molecule has 0 bridgehead atoms. The number of hydrogen-bond acceptors (Lipinski definition) is 26. The van der Waals surface area contributed by atoms with Gasteiger partial charge in [-0.1, -0.05) is 0 Å². The van der Waals surface area contributed by atoms with Gasteiger partial charge >= 0.3 is 35.8 Å². The Bertz CT molecular complexity index is 4770. The molecule has 12 aromatic rings. The second kappa shape index (κ2) is 34.9. The van der Waals surface area contributed by atoms with Gasteiger partial charge in [0, 0.05) is 83.2 Å². The van der Waals surface area contributed by atoms with Crippen molar-refractivity contribution in [2.45, 2.75) is 0 Å². The van der Waals surface area contributed by atoms with Crippen molar-refractivity contribution in [1.29, 1.82) is 0 Å². The zero-order chi connectivity index (χ0) is 71.5. The fraction of sp³-hybridized carbons (Fsp3) is 0.0323. The molecule has 0 aliphatic rings. The molecule has 12 aromatic heterocycles. The quantitative estimate of drug-likeness (QED) is 0.0442. The van der Waals surface area contributed by atoms with E-state index in [0.717, 1.165) is 49.7 Å². The van der Waals surface area contributed by atoms with Crippen molar-refractivity contribution in [3.8, 4) is 79.0 Å². The maximum absolute atomic E-state index is 12.9. The summed E-state index contributed by atoms with van der Waals surface area (Å²) in [6, 6.07) is 19.6. The fourth-order valence-corrected chi connectivity index (χ4v) is 7.46. The van der Waals surface area contributed by atoms with Crippen molar-refractivity contribution in [1.82, 2.24) is 89.7 Å². The van der Waals surface area contributed by atoms with Crippen LogP contribution in [0.3, 0.4) is 0 Å². The van der Waals surface area contributed by atoms with Gasteiger partial charge in [-0.3, -0.25) is 15.0 Å². The average molecular weight is 1360 g/mol. The van der Waals surface area contributed by atoms with Gasteiger partial charge in [-0.25, -0.2) is 103 Å². The minimum Gasteiger partial charge on any atom is -0.496 e. The van der Waals surface area contributed by atoms with Gasteiger partial charge in [0.05, 0.1) is 66.3 Å². The number of aromatic nitrogens is 18. The van der Waals surface area contributed by atoms with E-state index >= 15 is 0 Å². The van der Waals surface area contributed by atoms with E-state index in [4.69, 9.17) is 40.1 Å². The number of carboxylic acids is 6. The number of ether oxygens (including phenoxy) is 2. The molecule has 0 atom stereocenters. The molecule has 0 saturated heterocycles. The molecule has 0 radical (unpaired) electrons. The highest BCUT2D eigenvalue weighted by Gasteiger charge is 2.15. The van der Waals surface area contributed by atoms with Gasteiger partial charge in [0.25, 0.3) is 0 Å². The summed E-state index contributed by atoms with van der Waals surface area (Å²) in [7, 11) is 3.06. The SMILES string of the molecule is COc1ccncc1-c1cc(C(=O)O)ncn1.COc1cncc(-c2cc(C(=O)O)ncn2)c1.O=C(O)c1cc(-c2cc(F)nc(F)c2)ncn1.O=C(O)c1cc(-c2ccc(F)nc2)ncn1.O=C(O)c1cc(-c2ccnc(F)c2)ncn1.O=C(O)c1cc(-c2cncc(F)c2)ncn1. The van der Waals surface area contributed by atoms with Crippen LogP contribution in [0.5, 0.6) is 11.5 Å². The van der Waals surface area contributed by atoms with Crippen LogP contribution in [0.4, 0.5) is 22.0 Å². The number of methoxy groups -OCH3 is 2. The first-order valence-electron chi connectivity index (χ1n) is 27.0. The minimum atomic E-state index is -1.25. The summed E-state index contributed by atoms with van der Waals surface area (Å²) in [5, 5.41) is 52.6. The van der Waals surface area contributed by atoms with E-state index in [-0.39, 0.29) is 45.4 Å². The van der Waals surface area contributed by atoms with Crippen molar-refractivity contribution >= 4 is 35.8 Å². The van der Waals surface area contributed by atoms with Crippen LogP contribution in [0.25, 0.3) is 67.5 Å². The molecule has 12 heterocycles. The topological polar surface area (TPSA) is 474 Å². The van der Waals surface area contributed by atoms with Crippen LogP contribution < -0.4 is 9.47 Å². The smallest absolute Gasteiger partial charge is 0.354 e. The molecule has 0 aliphatic carbocycles. The number of carboxylic acid groups (broad SMARTS) is 6. The third-order valence-electron chi connectivity index (χ3n) is 11.9. The summed E-state index contributed by atoms with van der Waals surface area (Å²) < 4.78 is 74.2. The van der Waals surface area contributed by atoms with Crippen LogP contribution in [-0.4, -0.2) is 170 Å². The highest BCUT2D eigenvalue weighted by Crippen LogP contribution is 2.28. The molecule has 0 spiro atoms. The van der Waals surface area contributed by atoms with Crippen molar-refractivity contribution in [3.05, 3.63) is 242 Å². The summed E-state index contributed by atoms with van der Waals surface area (Å²) in [5.41, 5.74) is 4.12. The van der Waals surface area contributed by atoms with Crippen LogP contribution in [0, 0.1) is 29.6 Å². The molecular formula is C62H41F5N18O14. The second-order valence-electron chi connectivity index (χ2n) is 18.4. The van der Waals surface area contributed by atoms with E-state index in [2.05, 4.69) is 89.7 Å². The first-order chi connectivity index (χ1) is 47.5. The number of nitrogens with zero attached hydrogens (tertiary/aromatic N) is 18. The second-order valence-corrected chi connectivity index (χ2v) is 18.4. The fourth-order valence-electron chi connectivity index (χ4n) is 7.46. The van der Waals surface area contributed by atoms with E-state index in [1.165, 1.54) is 106 Å². The van der Waals surface area contributed by atoms with Gasteiger partial charge in [-0.05, 0) is 72.8 Å². The minimum absolute atomic E-state index is 0.0576. The van der Waals surface area contributed by atoms with Gasteiger partial charge in [0.15, 0.2) is 34.2 Å². The lowest BCUT2D eigenvalue weighted by Crippen LogP contribution is -2.01. The Kier molecular flexibility index (Phi) is 25.4. The van der Waals surface area contributed by atoms with Crippen LogP contribution in [0.15, 0.2) is 179 Å². The number of hydrogen-bond donors (Lipinski definition) is 6. The maximum Gasteiger partial charge on any atom is 0.354 e. The lowest BCUT2D eigenvalue weighted by Gasteiger charge is -2.06. The summed E-state index contributed by atoms with van der Waals surface area (Å²) in [6.07, 6.45) is 18.1. The Morgan fingerprint density at radius 1 is 0.313 bits per heavy atom. The van der Waals surface area contributed by atoms with E-state index < -0.39 is 65.4 Å². The van der Waals surface area contributed by atoms with Crippen LogP contribution in [0.2, 0.25) is 0 Å². The maximum atomic E-state index is 12.9. The van der Waals surface area contributed by atoms with Crippen LogP contribution in [0.1, 0.15) is 62.9 Å². The van der Waals surface area contributed by atoms with Gasteiger partial charge in [-0.2, -0.15) is 22.5 Å². The summed E-state index contributed by atoms with van der Waals surface area (Å²) in [4.78, 5) is 130. The standard InChI is InChI=1S/2C11H9N3O3.C10H5F2N3O2.3C10H6FN3O2/c1-17-8-2-7(4-12-5-8)9-3-10(11(15)16)14-6-13-9;1-17-10-2-3-12-5-7(10)8-4-9(11(15)16)14-6-13-8;11-8-1-5(2-9(12)15-8)6-3-7(10(16)17)14-4-13-6;11-7-1-6(3-12-4-7)8-2-9(10(15)16)14-5-13-8;11-9-2-1-6(4-12-9)7-3-8(10(15)16)14-5-13-7;11-9-3-6(1-2-12-9)7-4-8(10(15)16)14-5-13-7/h2*2-6H,1H3,(H,15,16);1-4H,(H,16,17);3*1-5H,(H,15,16). The predicted octanol–water partition coefficient (Wildman–Crippen LogP) is 8.13. The Morgan fingerprint density at radius 3 is 1.13 bits per heavy atom. The number of rotatable bonds is 14. The van der Waals surface area contributed by atoms with E-state index in [1.54, 1.807) is 36.9 Å². The third kappa shape index (κ3) is 21.5. The molecule has 37 heteroatoms. The predicted molar refractivity (Wildman–Crippen MR) is 326 cm³/mol. The molecule has 0 aliphatic heterocycles. The molecule has 0 unspecified atom stereocenters. The monoisotopic (exact) mass is 1360 g/mol. The van der Waals surface area contributed by atoms with Crippen molar-refractivity contribution in [2.24, 2.45) is 0 Å². The van der Waals surface area contributed by atoms with E-state index in [9.17, 15) is 50.7 Å². The van der Waals surface area contributed by atoms with Crippen molar-refractivity contribution < 1.29 is 90.8 Å². The average Bonchev–Trinajstić information content (AvgIpc) is 3.43. The lowest BCUT2D eigenvalue weighted by atomic mass is 10.1. The summed E-state index contributed by atoms with van der Waals surface area (Å²) >= 11 is 0. The van der Waals surface area contributed by atoms with Gasteiger partial charge < -0.3 is 40.1 Å². The first-order valence-corrected chi connectivity index (χ1v) is 27.0. The van der Waals surface area contributed by atoms with E-state index in [1.807, 2.05) is 0 Å². The molecule has 0 saturated carbocycles. The van der Waals surface area contributed by atoms with Crippen molar-refractivity contribution in [3.63, 3.8) is 0 Å². The molecule has 6 N–H and O–H groups in total. The summed E-state index contributed by atoms with van der Waals surface area (Å²) in [6.45, 7) is 0. The molecule has 498 valence electrons. The Morgan fingerprint density at radius 2 is 0.717 bits per heavy atom. The number of halogens is 5. The zero-order valence-corrected chi connectivity index (χ0v) is 50.1. The van der Waals surface area contributed by atoms with Crippen molar-refractivity contribution in [2.75, 3.05) is 14.2 Å². The van der Waals surface area contributed by atoms with Gasteiger partial charge in [0.2, 0.25) is 23.8 Å². The third-order valence-corrected chi connectivity index (χ3v) is 11.9. The Balaban J connectivity index is 0.000000167. The van der Waals surface area contributed by atoms with Gasteiger partial charge in [0.1, 0.15) is 55.3 Å². The number of aromatic carboxylic acids is 6. The molecule has 32 nitrogen and oxygen atoms in total. The number of pyridine rings is 6. The molecule has 99 heavy (non-hydrogen) atoms. The van der Waals surface area contributed by atoms with Gasteiger partial charge in [-0.15, -0.1) is 0 Å². The molecule has 0 fully saturated rings. The number of carbonyl (C=O) groups is 6. The Labute approximate surface area is 550 Å². The highest BCUT2D eigenvalue weighted by molar-refractivity contribution is 5.89. The molecule has 12 rings (SSSR count). The largest absolute Gasteiger partial charge is 0.496 e. The molecule has 0 aromatic carbocycles.